The van der Waals surface area contributed by atoms with E-state index >= 15 is 0 Å². The second-order valence-electron chi connectivity index (χ2n) is 3.62. The molecule has 2 heteroatoms. The molecule has 1 saturated heterocycles. The Morgan fingerprint density at radius 3 is 2.91 bits per heavy atom. The Kier molecular flexibility index (Phi) is 3.34. The molecule has 0 spiro atoms. The summed E-state index contributed by atoms with van der Waals surface area (Å²) in [6.45, 7) is 3.88. The van der Waals surface area contributed by atoms with Gasteiger partial charge in [0.2, 0.25) is 0 Å². The fraction of sp³-hybridized carbons (Fsp3) is 1.00. The van der Waals surface area contributed by atoms with E-state index in [4.69, 9.17) is 10.5 Å². The Bertz CT molecular complexity index is 108. The molecule has 0 bridgehead atoms. The lowest BCUT2D eigenvalue weighted by Gasteiger charge is -2.33. The molecule has 0 aromatic carbocycles. The number of hydrogen-bond acceptors (Lipinski definition) is 2. The minimum atomic E-state index is 0.00819. The van der Waals surface area contributed by atoms with Gasteiger partial charge in [0.25, 0.3) is 0 Å². The molecule has 1 aliphatic rings. The molecule has 11 heavy (non-hydrogen) atoms. The summed E-state index contributed by atoms with van der Waals surface area (Å²) >= 11 is 0. The van der Waals surface area contributed by atoms with Crippen molar-refractivity contribution in [1.82, 2.24) is 0 Å². The van der Waals surface area contributed by atoms with Crippen LogP contribution in [-0.4, -0.2) is 18.8 Å². The van der Waals surface area contributed by atoms with Crippen molar-refractivity contribution in [3.8, 4) is 0 Å². The van der Waals surface area contributed by atoms with Gasteiger partial charge in [-0.05, 0) is 19.3 Å². The van der Waals surface area contributed by atoms with Crippen LogP contribution in [-0.2, 0) is 4.74 Å². The van der Waals surface area contributed by atoms with Gasteiger partial charge in [0.05, 0.1) is 6.61 Å². The molecular formula is C9H19NO. The summed E-state index contributed by atoms with van der Waals surface area (Å²) in [5.41, 5.74) is 6.13. The lowest BCUT2D eigenvalue weighted by atomic mass is 9.88. The maximum atomic E-state index is 6.12. The van der Waals surface area contributed by atoms with Crippen LogP contribution in [0.4, 0.5) is 0 Å². The van der Waals surface area contributed by atoms with Crippen molar-refractivity contribution in [2.45, 2.75) is 44.6 Å². The third kappa shape index (κ3) is 2.80. The lowest BCUT2D eigenvalue weighted by Crippen LogP contribution is -2.47. The minimum absolute atomic E-state index is 0.00819. The van der Waals surface area contributed by atoms with Gasteiger partial charge in [-0.1, -0.05) is 19.8 Å². The van der Waals surface area contributed by atoms with E-state index in [1.165, 1.54) is 12.8 Å². The second kappa shape index (κ2) is 4.07. The summed E-state index contributed by atoms with van der Waals surface area (Å²) in [5, 5.41) is 0. The summed E-state index contributed by atoms with van der Waals surface area (Å²) in [7, 11) is 0. The van der Waals surface area contributed by atoms with Gasteiger partial charge in [0.15, 0.2) is 0 Å². The van der Waals surface area contributed by atoms with Crippen molar-refractivity contribution >= 4 is 0 Å². The Labute approximate surface area is 69.1 Å². The van der Waals surface area contributed by atoms with Gasteiger partial charge >= 0.3 is 0 Å². The largest absolute Gasteiger partial charge is 0.380 e. The van der Waals surface area contributed by atoms with Crippen LogP contribution in [0.15, 0.2) is 0 Å². The summed E-state index contributed by atoms with van der Waals surface area (Å²) < 4.78 is 5.36. The fourth-order valence-electron chi connectivity index (χ4n) is 1.60. The zero-order valence-electron chi connectivity index (χ0n) is 7.44. The van der Waals surface area contributed by atoms with Gasteiger partial charge in [-0.25, -0.2) is 0 Å². The first-order valence-electron chi connectivity index (χ1n) is 4.63. The second-order valence-corrected chi connectivity index (χ2v) is 3.62. The van der Waals surface area contributed by atoms with E-state index in [0.29, 0.717) is 0 Å². The van der Waals surface area contributed by atoms with Crippen molar-refractivity contribution in [2.75, 3.05) is 13.2 Å². The highest BCUT2D eigenvalue weighted by Gasteiger charge is 2.26. The van der Waals surface area contributed by atoms with Crippen molar-refractivity contribution in [3.05, 3.63) is 0 Å². The average Bonchev–Trinajstić information content (AvgIpc) is 2.03. The summed E-state index contributed by atoms with van der Waals surface area (Å²) in [6, 6.07) is 0. The Morgan fingerprint density at radius 2 is 2.36 bits per heavy atom. The van der Waals surface area contributed by atoms with Gasteiger partial charge in [-0.2, -0.15) is 0 Å². The molecule has 1 rings (SSSR count). The first-order chi connectivity index (χ1) is 5.27. The first-order valence-corrected chi connectivity index (χ1v) is 4.63. The molecule has 66 valence electrons. The Hall–Kier alpha value is -0.0800. The van der Waals surface area contributed by atoms with Gasteiger partial charge in [0.1, 0.15) is 0 Å². The Balaban J connectivity index is 2.25. The summed E-state index contributed by atoms with van der Waals surface area (Å²) in [6.07, 6.45) is 5.88. The zero-order chi connectivity index (χ0) is 8.16. The van der Waals surface area contributed by atoms with Crippen molar-refractivity contribution in [3.63, 3.8) is 0 Å². The first kappa shape index (κ1) is 9.01. The molecular weight excluding hydrogens is 138 g/mol. The van der Waals surface area contributed by atoms with E-state index in [0.717, 1.165) is 32.5 Å². The van der Waals surface area contributed by atoms with Gasteiger partial charge in [-0.15, -0.1) is 0 Å². The highest BCUT2D eigenvalue weighted by Crippen LogP contribution is 2.21. The van der Waals surface area contributed by atoms with Crippen LogP contribution in [0.3, 0.4) is 0 Å². The summed E-state index contributed by atoms with van der Waals surface area (Å²) in [5.74, 6) is 0. The van der Waals surface area contributed by atoms with Crippen LogP contribution in [0.5, 0.6) is 0 Å². The fourth-order valence-corrected chi connectivity index (χ4v) is 1.60. The van der Waals surface area contributed by atoms with Crippen LogP contribution in [0, 0.1) is 0 Å². The van der Waals surface area contributed by atoms with E-state index in [9.17, 15) is 0 Å². The van der Waals surface area contributed by atoms with E-state index in [1.54, 1.807) is 0 Å². The molecule has 0 amide bonds. The van der Waals surface area contributed by atoms with Crippen molar-refractivity contribution < 1.29 is 4.74 Å². The predicted octanol–water partition coefficient (Wildman–Crippen LogP) is 1.68. The van der Waals surface area contributed by atoms with E-state index in [-0.39, 0.29) is 5.54 Å². The van der Waals surface area contributed by atoms with E-state index in [1.807, 2.05) is 0 Å². The molecule has 1 unspecified atom stereocenters. The standard InChI is InChI=1S/C9H19NO/c1-2-3-5-9(10)6-4-7-11-8-9/h2-8,10H2,1H3. The predicted molar refractivity (Wildman–Crippen MR) is 46.5 cm³/mol. The van der Waals surface area contributed by atoms with Crippen LogP contribution >= 0.6 is 0 Å². The molecule has 0 aromatic heterocycles. The normalized spacial score (nSPS) is 32.2. The number of nitrogens with two attached hydrogens (primary N) is 1. The van der Waals surface area contributed by atoms with Crippen LogP contribution < -0.4 is 5.73 Å². The molecule has 0 saturated carbocycles. The zero-order valence-corrected chi connectivity index (χ0v) is 7.44. The Morgan fingerprint density at radius 1 is 1.55 bits per heavy atom. The number of unbranched alkanes of at least 4 members (excludes halogenated alkanes) is 1. The van der Waals surface area contributed by atoms with E-state index in [2.05, 4.69) is 6.92 Å². The topological polar surface area (TPSA) is 35.2 Å². The number of hydrogen-bond donors (Lipinski definition) is 1. The molecule has 1 fully saturated rings. The molecule has 2 nitrogen and oxygen atoms in total. The number of rotatable bonds is 3. The molecule has 1 atom stereocenters. The smallest absolute Gasteiger partial charge is 0.0646 e. The minimum Gasteiger partial charge on any atom is -0.380 e. The molecule has 1 heterocycles. The van der Waals surface area contributed by atoms with E-state index < -0.39 is 0 Å². The maximum Gasteiger partial charge on any atom is 0.0646 e. The highest BCUT2D eigenvalue weighted by molar-refractivity contribution is 4.85. The van der Waals surface area contributed by atoms with Gasteiger partial charge < -0.3 is 10.5 Å². The third-order valence-corrected chi connectivity index (χ3v) is 2.38. The maximum absolute atomic E-state index is 6.12. The van der Waals surface area contributed by atoms with Gasteiger partial charge in [0, 0.05) is 12.1 Å². The lowest BCUT2D eigenvalue weighted by molar-refractivity contribution is 0.0336. The summed E-state index contributed by atoms with van der Waals surface area (Å²) in [4.78, 5) is 0. The number of ether oxygens (including phenoxy) is 1. The van der Waals surface area contributed by atoms with Crippen LogP contribution in [0.25, 0.3) is 0 Å². The quantitative estimate of drug-likeness (QED) is 0.676. The van der Waals surface area contributed by atoms with Gasteiger partial charge in [-0.3, -0.25) is 0 Å². The molecule has 0 aromatic rings. The van der Waals surface area contributed by atoms with Crippen molar-refractivity contribution in [2.24, 2.45) is 5.73 Å². The SMILES string of the molecule is CCCCC1(N)CCCOC1. The average molecular weight is 157 g/mol. The monoisotopic (exact) mass is 157 g/mol. The van der Waals surface area contributed by atoms with Crippen molar-refractivity contribution in [1.29, 1.82) is 0 Å². The molecule has 2 N–H and O–H groups in total. The molecule has 0 radical (unpaired) electrons. The molecule has 1 aliphatic heterocycles. The third-order valence-electron chi connectivity index (χ3n) is 2.38. The van der Waals surface area contributed by atoms with Crippen LogP contribution in [0.1, 0.15) is 39.0 Å². The molecule has 0 aliphatic carbocycles. The van der Waals surface area contributed by atoms with Crippen LogP contribution in [0.2, 0.25) is 0 Å². The highest BCUT2D eigenvalue weighted by atomic mass is 16.5.